The van der Waals surface area contributed by atoms with E-state index in [0.717, 1.165) is 6.42 Å². The zero-order chi connectivity index (χ0) is 15.5. The molecule has 0 unspecified atom stereocenters. The summed E-state index contributed by atoms with van der Waals surface area (Å²) < 4.78 is 0. The SMILES string of the molecule is CC(C)(C)NC(=O)[C@H]1CC(=O)N(CCc2ccccc2)C1. The number of nitrogens with zero attached hydrogens (tertiary/aromatic N) is 1. The summed E-state index contributed by atoms with van der Waals surface area (Å²) in [4.78, 5) is 26.0. The minimum absolute atomic E-state index is 0.0157. The first-order valence-corrected chi connectivity index (χ1v) is 7.49. The van der Waals surface area contributed by atoms with Crippen LogP contribution in [-0.4, -0.2) is 35.3 Å². The molecule has 1 fully saturated rings. The van der Waals surface area contributed by atoms with Crippen molar-refractivity contribution >= 4 is 11.8 Å². The first-order chi connectivity index (χ1) is 9.85. The molecule has 1 N–H and O–H groups in total. The number of likely N-dealkylation sites (tertiary alicyclic amines) is 1. The van der Waals surface area contributed by atoms with Gasteiger partial charge in [-0.25, -0.2) is 0 Å². The molecular formula is C17H24N2O2. The second-order valence-corrected chi connectivity index (χ2v) is 6.72. The number of carbonyl (C=O) groups excluding carboxylic acids is 2. The molecule has 1 heterocycles. The highest BCUT2D eigenvalue weighted by atomic mass is 16.2. The van der Waals surface area contributed by atoms with Crippen molar-refractivity contribution in [2.45, 2.75) is 39.2 Å². The second-order valence-electron chi connectivity index (χ2n) is 6.72. The summed E-state index contributed by atoms with van der Waals surface area (Å²) in [5.74, 6) is -0.148. The van der Waals surface area contributed by atoms with Crippen molar-refractivity contribution in [3.63, 3.8) is 0 Å². The molecule has 2 amide bonds. The van der Waals surface area contributed by atoms with Crippen molar-refractivity contribution in [3.8, 4) is 0 Å². The fourth-order valence-electron chi connectivity index (χ4n) is 2.54. The molecular weight excluding hydrogens is 264 g/mol. The predicted molar refractivity (Wildman–Crippen MR) is 82.7 cm³/mol. The smallest absolute Gasteiger partial charge is 0.225 e. The Morgan fingerprint density at radius 3 is 2.57 bits per heavy atom. The number of nitrogens with one attached hydrogen (secondary N) is 1. The Kier molecular flexibility index (Phi) is 4.66. The number of amides is 2. The summed E-state index contributed by atoms with van der Waals surface area (Å²) in [5, 5.41) is 2.96. The molecule has 1 aliphatic heterocycles. The summed E-state index contributed by atoms with van der Waals surface area (Å²) in [6, 6.07) is 10.1. The summed E-state index contributed by atoms with van der Waals surface area (Å²) in [6.45, 7) is 7.08. The van der Waals surface area contributed by atoms with E-state index in [0.29, 0.717) is 19.5 Å². The molecule has 0 aromatic heterocycles. The third-order valence-corrected chi connectivity index (χ3v) is 3.60. The van der Waals surface area contributed by atoms with Gasteiger partial charge in [0.15, 0.2) is 0 Å². The van der Waals surface area contributed by atoms with Gasteiger partial charge in [-0.05, 0) is 32.8 Å². The van der Waals surface area contributed by atoms with E-state index in [1.165, 1.54) is 5.56 Å². The quantitative estimate of drug-likeness (QED) is 0.921. The van der Waals surface area contributed by atoms with Crippen LogP contribution in [0.3, 0.4) is 0 Å². The minimum Gasteiger partial charge on any atom is -0.351 e. The molecule has 1 atom stereocenters. The van der Waals surface area contributed by atoms with Crippen LogP contribution >= 0.6 is 0 Å². The maximum atomic E-state index is 12.1. The van der Waals surface area contributed by atoms with Gasteiger partial charge in [0, 0.05) is 25.0 Å². The van der Waals surface area contributed by atoms with E-state index in [4.69, 9.17) is 0 Å². The lowest BCUT2D eigenvalue weighted by Crippen LogP contribution is -2.44. The third kappa shape index (κ3) is 4.59. The molecule has 0 saturated carbocycles. The Balaban J connectivity index is 1.86. The van der Waals surface area contributed by atoms with E-state index in [1.54, 1.807) is 4.90 Å². The minimum atomic E-state index is -0.252. The van der Waals surface area contributed by atoms with Crippen molar-refractivity contribution in [1.29, 1.82) is 0 Å². The Morgan fingerprint density at radius 1 is 1.29 bits per heavy atom. The van der Waals surface area contributed by atoms with Gasteiger partial charge in [0.25, 0.3) is 0 Å². The highest BCUT2D eigenvalue weighted by Crippen LogP contribution is 2.19. The standard InChI is InChI=1S/C17H24N2O2/c1-17(2,3)18-16(21)14-11-15(20)19(12-14)10-9-13-7-5-4-6-8-13/h4-8,14H,9-12H2,1-3H3,(H,18,21)/t14-/m0/s1. The van der Waals surface area contributed by atoms with Crippen molar-refractivity contribution in [2.75, 3.05) is 13.1 Å². The highest BCUT2D eigenvalue weighted by molar-refractivity contribution is 5.89. The van der Waals surface area contributed by atoms with Crippen LogP contribution in [0.1, 0.15) is 32.8 Å². The first kappa shape index (κ1) is 15.5. The molecule has 0 bridgehead atoms. The highest BCUT2D eigenvalue weighted by Gasteiger charge is 2.35. The van der Waals surface area contributed by atoms with Crippen molar-refractivity contribution in [2.24, 2.45) is 5.92 Å². The third-order valence-electron chi connectivity index (χ3n) is 3.60. The largest absolute Gasteiger partial charge is 0.351 e. The molecule has 1 aromatic rings. The van der Waals surface area contributed by atoms with Crippen molar-refractivity contribution in [1.82, 2.24) is 10.2 Å². The lowest BCUT2D eigenvalue weighted by Gasteiger charge is -2.23. The number of rotatable bonds is 4. The zero-order valence-electron chi connectivity index (χ0n) is 13.1. The molecule has 2 rings (SSSR count). The van der Waals surface area contributed by atoms with E-state index >= 15 is 0 Å². The average molecular weight is 288 g/mol. The van der Waals surface area contributed by atoms with Crippen LogP contribution in [0.2, 0.25) is 0 Å². The van der Waals surface area contributed by atoms with Gasteiger partial charge in [0.1, 0.15) is 0 Å². The van der Waals surface area contributed by atoms with E-state index < -0.39 is 0 Å². The van der Waals surface area contributed by atoms with E-state index in [-0.39, 0.29) is 23.3 Å². The van der Waals surface area contributed by atoms with Crippen LogP contribution < -0.4 is 5.32 Å². The van der Waals surface area contributed by atoms with Gasteiger partial charge in [-0.15, -0.1) is 0 Å². The predicted octanol–water partition coefficient (Wildman–Crippen LogP) is 1.99. The van der Waals surface area contributed by atoms with Gasteiger partial charge in [-0.1, -0.05) is 30.3 Å². The van der Waals surface area contributed by atoms with Gasteiger partial charge >= 0.3 is 0 Å². The first-order valence-electron chi connectivity index (χ1n) is 7.49. The lowest BCUT2D eigenvalue weighted by molar-refractivity contribution is -0.129. The molecule has 4 nitrogen and oxygen atoms in total. The van der Waals surface area contributed by atoms with Gasteiger partial charge in [0.2, 0.25) is 11.8 Å². The fraction of sp³-hybridized carbons (Fsp3) is 0.529. The van der Waals surface area contributed by atoms with Crippen molar-refractivity contribution < 1.29 is 9.59 Å². The summed E-state index contributed by atoms with van der Waals surface area (Å²) in [7, 11) is 0. The van der Waals surface area contributed by atoms with Crippen LogP contribution in [0, 0.1) is 5.92 Å². The molecule has 1 aliphatic rings. The molecule has 1 aromatic carbocycles. The number of hydrogen-bond donors (Lipinski definition) is 1. The summed E-state index contributed by atoms with van der Waals surface area (Å²) >= 11 is 0. The fourth-order valence-corrected chi connectivity index (χ4v) is 2.54. The van der Waals surface area contributed by atoms with Gasteiger partial charge in [-0.3, -0.25) is 9.59 Å². The van der Waals surface area contributed by atoms with Gasteiger partial charge < -0.3 is 10.2 Å². The van der Waals surface area contributed by atoms with Gasteiger partial charge in [0.05, 0.1) is 5.92 Å². The number of hydrogen-bond acceptors (Lipinski definition) is 2. The van der Waals surface area contributed by atoms with Gasteiger partial charge in [-0.2, -0.15) is 0 Å². The van der Waals surface area contributed by atoms with Crippen LogP contribution in [0.4, 0.5) is 0 Å². The Labute approximate surface area is 126 Å². The number of benzene rings is 1. The monoisotopic (exact) mass is 288 g/mol. The van der Waals surface area contributed by atoms with E-state index in [2.05, 4.69) is 17.4 Å². The van der Waals surface area contributed by atoms with Crippen LogP contribution in [0.5, 0.6) is 0 Å². The van der Waals surface area contributed by atoms with Crippen LogP contribution in [0.15, 0.2) is 30.3 Å². The Bertz CT molecular complexity index is 505. The zero-order valence-corrected chi connectivity index (χ0v) is 13.1. The molecule has 0 radical (unpaired) electrons. The molecule has 4 heteroatoms. The molecule has 1 saturated heterocycles. The normalized spacial score (nSPS) is 18.9. The average Bonchev–Trinajstić information content (AvgIpc) is 2.77. The molecule has 0 aliphatic carbocycles. The van der Waals surface area contributed by atoms with E-state index in [9.17, 15) is 9.59 Å². The Hall–Kier alpha value is -1.84. The maximum Gasteiger partial charge on any atom is 0.225 e. The Morgan fingerprint density at radius 2 is 1.95 bits per heavy atom. The molecule has 114 valence electrons. The second kappa shape index (κ2) is 6.29. The lowest BCUT2D eigenvalue weighted by atomic mass is 10.0. The number of carbonyl (C=O) groups is 2. The van der Waals surface area contributed by atoms with Crippen LogP contribution in [-0.2, 0) is 16.0 Å². The summed E-state index contributed by atoms with van der Waals surface area (Å²) in [5.41, 5.74) is 0.963. The molecule has 21 heavy (non-hydrogen) atoms. The van der Waals surface area contributed by atoms with E-state index in [1.807, 2.05) is 39.0 Å². The van der Waals surface area contributed by atoms with Crippen LogP contribution in [0.25, 0.3) is 0 Å². The maximum absolute atomic E-state index is 12.1. The molecule has 0 spiro atoms. The van der Waals surface area contributed by atoms with Crippen molar-refractivity contribution in [3.05, 3.63) is 35.9 Å². The summed E-state index contributed by atoms with van der Waals surface area (Å²) in [6.07, 6.45) is 1.16. The topological polar surface area (TPSA) is 49.4 Å².